The van der Waals surface area contributed by atoms with Crippen molar-refractivity contribution in [3.05, 3.63) is 106 Å². The summed E-state index contributed by atoms with van der Waals surface area (Å²) in [5.74, 6) is 0.792. The molecule has 7 heteroatoms. The molecule has 0 aliphatic carbocycles. The Hall–Kier alpha value is -2.86. The van der Waals surface area contributed by atoms with Crippen LogP contribution < -0.4 is 10.1 Å². The van der Waals surface area contributed by atoms with Gasteiger partial charge in [0.15, 0.2) is 5.76 Å². The quantitative estimate of drug-likeness (QED) is 0.303. The maximum atomic E-state index is 12.7. The minimum absolute atomic E-state index is 0.119. The number of ether oxygens (including phenoxy) is 1. The van der Waals surface area contributed by atoms with Crippen LogP contribution in [0, 0.1) is 0 Å². The SMILES string of the molecule is O=C(Nc1ccccc1Sc1ccccc1)c1ccc(COc2cccc(Cl)c2Cl)o1. The highest BCUT2D eigenvalue weighted by atomic mass is 35.5. The number of benzene rings is 3. The summed E-state index contributed by atoms with van der Waals surface area (Å²) in [4.78, 5) is 14.7. The molecule has 0 unspecified atom stereocenters. The number of anilines is 1. The van der Waals surface area contributed by atoms with Gasteiger partial charge in [0.25, 0.3) is 5.91 Å². The summed E-state index contributed by atoms with van der Waals surface area (Å²) in [6.07, 6.45) is 0. The van der Waals surface area contributed by atoms with Crippen LogP contribution in [0.4, 0.5) is 5.69 Å². The molecule has 1 aromatic heterocycles. The van der Waals surface area contributed by atoms with E-state index in [4.69, 9.17) is 32.4 Å². The Morgan fingerprint density at radius 3 is 2.52 bits per heavy atom. The second kappa shape index (κ2) is 9.96. The van der Waals surface area contributed by atoms with E-state index in [1.165, 1.54) is 0 Å². The second-order valence-corrected chi connectivity index (χ2v) is 8.37. The molecule has 1 heterocycles. The Morgan fingerprint density at radius 2 is 1.68 bits per heavy atom. The number of furan rings is 1. The largest absolute Gasteiger partial charge is 0.484 e. The molecule has 0 saturated heterocycles. The van der Waals surface area contributed by atoms with Crippen molar-refractivity contribution in [1.82, 2.24) is 0 Å². The Balaban J connectivity index is 1.42. The van der Waals surface area contributed by atoms with Crippen molar-refractivity contribution in [2.75, 3.05) is 5.32 Å². The first-order valence-electron chi connectivity index (χ1n) is 9.39. The van der Waals surface area contributed by atoms with Crippen LogP contribution in [0.3, 0.4) is 0 Å². The fourth-order valence-corrected chi connectivity index (χ4v) is 4.05. The average molecular weight is 470 g/mol. The van der Waals surface area contributed by atoms with Gasteiger partial charge < -0.3 is 14.5 Å². The van der Waals surface area contributed by atoms with Crippen molar-refractivity contribution in [2.24, 2.45) is 0 Å². The Bertz CT molecular complexity index is 1190. The molecule has 0 fully saturated rings. The van der Waals surface area contributed by atoms with E-state index in [0.717, 1.165) is 9.79 Å². The van der Waals surface area contributed by atoms with Crippen molar-refractivity contribution in [1.29, 1.82) is 0 Å². The molecule has 0 aliphatic rings. The fourth-order valence-electron chi connectivity index (χ4n) is 2.78. The monoisotopic (exact) mass is 469 g/mol. The third-order valence-corrected chi connectivity index (χ3v) is 6.16. The van der Waals surface area contributed by atoms with E-state index in [2.05, 4.69) is 5.32 Å². The lowest BCUT2D eigenvalue weighted by Gasteiger charge is -2.10. The molecular weight excluding hydrogens is 453 g/mol. The van der Waals surface area contributed by atoms with Crippen LogP contribution in [0.1, 0.15) is 16.3 Å². The van der Waals surface area contributed by atoms with E-state index in [1.807, 2.05) is 54.6 Å². The van der Waals surface area contributed by atoms with E-state index in [9.17, 15) is 4.79 Å². The minimum atomic E-state index is -0.340. The number of para-hydroxylation sites is 1. The average Bonchev–Trinajstić information content (AvgIpc) is 3.26. The van der Waals surface area contributed by atoms with Crippen LogP contribution in [-0.2, 0) is 6.61 Å². The highest BCUT2D eigenvalue weighted by Crippen LogP contribution is 2.34. The number of halogens is 2. The lowest BCUT2D eigenvalue weighted by atomic mass is 10.3. The molecule has 0 atom stereocenters. The molecule has 4 nitrogen and oxygen atoms in total. The normalized spacial score (nSPS) is 10.6. The molecule has 0 bridgehead atoms. The molecule has 31 heavy (non-hydrogen) atoms. The van der Waals surface area contributed by atoms with Gasteiger partial charge in [-0.05, 0) is 48.5 Å². The highest BCUT2D eigenvalue weighted by molar-refractivity contribution is 7.99. The van der Waals surface area contributed by atoms with Gasteiger partial charge in [0, 0.05) is 9.79 Å². The molecule has 3 aromatic carbocycles. The van der Waals surface area contributed by atoms with Gasteiger partial charge in [-0.15, -0.1) is 0 Å². The maximum absolute atomic E-state index is 12.7. The first kappa shape index (κ1) is 21.4. The van der Waals surface area contributed by atoms with E-state index in [1.54, 1.807) is 42.1 Å². The van der Waals surface area contributed by atoms with Crippen LogP contribution in [0.2, 0.25) is 10.0 Å². The van der Waals surface area contributed by atoms with Gasteiger partial charge in [-0.2, -0.15) is 0 Å². The number of amides is 1. The van der Waals surface area contributed by atoms with Gasteiger partial charge in [-0.25, -0.2) is 0 Å². The lowest BCUT2D eigenvalue weighted by molar-refractivity contribution is 0.0992. The Labute approximate surface area is 194 Å². The number of carbonyl (C=O) groups is 1. The fraction of sp³-hybridized carbons (Fsp3) is 0.0417. The number of carbonyl (C=O) groups excluding carboxylic acids is 1. The third-order valence-electron chi connectivity index (χ3n) is 4.28. The third kappa shape index (κ3) is 5.44. The standard InChI is InChI=1S/C24H17Cl2NO3S/c25-18-9-6-11-20(23(18)26)29-15-16-13-14-21(30-16)24(28)27-19-10-4-5-12-22(19)31-17-7-2-1-3-8-17/h1-14H,15H2,(H,27,28). The predicted molar refractivity (Wildman–Crippen MR) is 124 cm³/mol. The van der Waals surface area contributed by atoms with E-state index >= 15 is 0 Å². The van der Waals surface area contributed by atoms with Crippen LogP contribution in [0.15, 0.2) is 99.1 Å². The summed E-state index contributed by atoms with van der Waals surface area (Å²) < 4.78 is 11.3. The Morgan fingerprint density at radius 1 is 0.903 bits per heavy atom. The Kier molecular flexibility index (Phi) is 6.87. The number of rotatable bonds is 7. The molecule has 4 rings (SSSR count). The van der Waals surface area contributed by atoms with Crippen molar-refractivity contribution in [3.8, 4) is 5.75 Å². The number of hydrogen-bond donors (Lipinski definition) is 1. The van der Waals surface area contributed by atoms with Crippen LogP contribution in [0.25, 0.3) is 0 Å². The highest BCUT2D eigenvalue weighted by Gasteiger charge is 2.15. The molecule has 156 valence electrons. The summed E-state index contributed by atoms with van der Waals surface area (Å²) in [6, 6.07) is 26.0. The van der Waals surface area contributed by atoms with Crippen molar-refractivity contribution in [3.63, 3.8) is 0 Å². The minimum Gasteiger partial charge on any atom is -0.484 e. The first-order valence-corrected chi connectivity index (χ1v) is 11.0. The molecule has 1 N–H and O–H groups in total. The van der Waals surface area contributed by atoms with Gasteiger partial charge in [-0.3, -0.25) is 4.79 Å². The molecule has 0 spiro atoms. The molecular formula is C24H17Cl2NO3S. The van der Waals surface area contributed by atoms with E-state index < -0.39 is 0 Å². The molecule has 0 saturated carbocycles. The zero-order valence-corrected chi connectivity index (χ0v) is 18.5. The van der Waals surface area contributed by atoms with Crippen LogP contribution >= 0.6 is 35.0 Å². The first-order chi connectivity index (χ1) is 15.1. The molecule has 1 amide bonds. The summed E-state index contributed by atoms with van der Waals surface area (Å²) in [5, 5.41) is 3.66. The van der Waals surface area contributed by atoms with Gasteiger partial charge in [0.05, 0.1) is 10.7 Å². The molecule has 0 radical (unpaired) electrons. The topological polar surface area (TPSA) is 51.5 Å². The summed E-state index contributed by atoms with van der Waals surface area (Å²) in [6.45, 7) is 0.119. The summed E-state index contributed by atoms with van der Waals surface area (Å²) in [7, 11) is 0. The molecule has 4 aromatic rings. The smallest absolute Gasteiger partial charge is 0.291 e. The van der Waals surface area contributed by atoms with Gasteiger partial charge in [0.1, 0.15) is 23.1 Å². The zero-order valence-electron chi connectivity index (χ0n) is 16.2. The van der Waals surface area contributed by atoms with Crippen molar-refractivity contribution < 1.29 is 13.9 Å². The predicted octanol–water partition coefficient (Wildman–Crippen LogP) is 7.57. The van der Waals surface area contributed by atoms with E-state index in [-0.39, 0.29) is 18.3 Å². The zero-order chi connectivity index (χ0) is 21.6. The van der Waals surface area contributed by atoms with Gasteiger partial charge in [0.2, 0.25) is 0 Å². The van der Waals surface area contributed by atoms with Crippen LogP contribution in [-0.4, -0.2) is 5.91 Å². The number of nitrogens with one attached hydrogen (secondary N) is 1. The van der Waals surface area contributed by atoms with E-state index in [0.29, 0.717) is 27.2 Å². The van der Waals surface area contributed by atoms with Crippen molar-refractivity contribution in [2.45, 2.75) is 16.4 Å². The van der Waals surface area contributed by atoms with Gasteiger partial charge in [-0.1, -0.05) is 71.4 Å². The maximum Gasteiger partial charge on any atom is 0.291 e. The summed E-state index contributed by atoms with van der Waals surface area (Å²) >= 11 is 13.7. The lowest BCUT2D eigenvalue weighted by Crippen LogP contribution is -2.11. The van der Waals surface area contributed by atoms with Crippen LogP contribution in [0.5, 0.6) is 5.75 Å². The number of hydrogen-bond acceptors (Lipinski definition) is 4. The van der Waals surface area contributed by atoms with Gasteiger partial charge >= 0.3 is 0 Å². The van der Waals surface area contributed by atoms with Crippen molar-refractivity contribution >= 4 is 46.6 Å². The molecule has 0 aliphatic heterocycles. The second-order valence-electron chi connectivity index (χ2n) is 6.47. The summed E-state index contributed by atoms with van der Waals surface area (Å²) in [5.41, 5.74) is 0.710.